The molecule has 138 valence electrons. The smallest absolute Gasteiger partial charge is 0.249 e. The normalized spacial score (nSPS) is 16.7. The van der Waals surface area contributed by atoms with Crippen LogP contribution in [0.3, 0.4) is 0 Å². The molecule has 1 aliphatic rings. The summed E-state index contributed by atoms with van der Waals surface area (Å²) < 4.78 is 0. The maximum Gasteiger partial charge on any atom is 0.249 e. The Morgan fingerprint density at radius 2 is 1.88 bits per heavy atom. The van der Waals surface area contributed by atoms with Crippen molar-refractivity contribution < 1.29 is 9.59 Å². The van der Waals surface area contributed by atoms with E-state index in [0.717, 1.165) is 12.0 Å². The number of piperidine rings is 1. The van der Waals surface area contributed by atoms with Gasteiger partial charge >= 0.3 is 0 Å². The van der Waals surface area contributed by atoms with E-state index in [1.165, 1.54) is 0 Å². The summed E-state index contributed by atoms with van der Waals surface area (Å²) in [5.41, 5.74) is 7.85. The van der Waals surface area contributed by atoms with E-state index < -0.39 is 6.04 Å². The van der Waals surface area contributed by atoms with Crippen LogP contribution in [0, 0.1) is 0 Å². The van der Waals surface area contributed by atoms with E-state index in [1.807, 2.05) is 30.3 Å². The molecule has 26 heavy (non-hydrogen) atoms. The van der Waals surface area contributed by atoms with Gasteiger partial charge in [-0.15, -0.1) is 12.4 Å². The average molecular weight is 394 g/mol. The summed E-state index contributed by atoms with van der Waals surface area (Å²) in [5, 5.41) is 3.38. The summed E-state index contributed by atoms with van der Waals surface area (Å²) in [6.07, 6.45) is 1.66. The number of para-hydroxylation sites is 1. The largest absolute Gasteiger partial charge is 0.399 e. The van der Waals surface area contributed by atoms with Crippen LogP contribution >= 0.6 is 24.0 Å². The van der Waals surface area contributed by atoms with Crippen LogP contribution in [-0.2, 0) is 16.0 Å². The summed E-state index contributed by atoms with van der Waals surface area (Å²) in [5.74, 6) is -0.297. The van der Waals surface area contributed by atoms with E-state index in [2.05, 4.69) is 5.32 Å². The van der Waals surface area contributed by atoms with Crippen molar-refractivity contribution in [2.45, 2.75) is 25.3 Å². The zero-order valence-corrected chi connectivity index (χ0v) is 15.7. The van der Waals surface area contributed by atoms with Gasteiger partial charge in [0.15, 0.2) is 0 Å². The maximum absolute atomic E-state index is 12.7. The lowest BCUT2D eigenvalue weighted by Gasteiger charge is -2.33. The first-order valence-corrected chi connectivity index (χ1v) is 8.62. The highest BCUT2D eigenvalue weighted by Gasteiger charge is 2.31. The molecule has 0 spiro atoms. The van der Waals surface area contributed by atoms with Crippen molar-refractivity contribution in [1.29, 1.82) is 0 Å². The van der Waals surface area contributed by atoms with Gasteiger partial charge in [0.25, 0.3) is 0 Å². The van der Waals surface area contributed by atoms with E-state index in [-0.39, 0.29) is 30.6 Å². The minimum atomic E-state index is -0.522. The van der Waals surface area contributed by atoms with Crippen LogP contribution in [0.15, 0.2) is 48.5 Å². The van der Waals surface area contributed by atoms with Gasteiger partial charge in [-0.3, -0.25) is 9.59 Å². The third kappa shape index (κ3) is 4.68. The Bertz CT molecular complexity index is 781. The van der Waals surface area contributed by atoms with Crippen molar-refractivity contribution in [1.82, 2.24) is 5.32 Å². The molecule has 0 bridgehead atoms. The summed E-state index contributed by atoms with van der Waals surface area (Å²) in [4.78, 5) is 26.7. The highest BCUT2D eigenvalue weighted by atomic mass is 35.5. The predicted molar refractivity (Wildman–Crippen MR) is 107 cm³/mol. The number of hydrogen-bond donors (Lipinski definition) is 2. The molecule has 1 saturated heterocycles. The van der Waals surface area contributed by atoms with Gasteiger partial charge in [0.05, 0.1) is 17.1 Å². The van der Waals surface area contributed by atoms with Crippen molar-refractivity contribution in [3.05, 3.63) is 59.1 Å². The second-order valence-corrected chi connectivity index (χ2v) is 6.53. The van der Waals surface area contributed by atoms with E-state index in [9.17, 15) is 9.59 Å². The quantitative estimate of drug-likeness (QED) is 0.783. The number of carbonyl (C=O) groups excluding carboxylic acids is 2. The average Bonchev–Trinajstić information content (AvgIpc) is 2.60. The van der Waals surface area contributed by atoms with E-state index in [4.69, 9.17) is 17.3 Å². The van der Waals surface area contributed by atoms with Crippen molar-refractivity contribution in [2.75, 3.05) is 17.2 Å². The molecule has 2 amide bonds. The van der Waals surface area contributed by atoms with Gasteiger partial charge in [0.1, 0.15) is 6.04 Å². The highest BCUT2D eigenvalue weighted by Crippen LogP contribution is 2.28. The molecular weight excluding hydrogens is 373 g/mol. The zero-order chi connectivity index (χ0) is 17.8. The monoisotopic (exact) mass is 393 g/mol. The van der Waals surface area contributed by atoms with Crippen LogP contribution in [-0.4, -0.2) is 24.4 Å². The Morgan fingerprint density at radius 1 is 1.19 bits per heavy atom. The second-order valence-electron chi connectivity index (χ2n) is 6.12. The van der Waals surface area contributed by atoms with Gasteiger partial charge in [-0.1, -0.05) is 35.9 Å². The lowest BCUT2D eigenvalue weighted by atomic mass is 10.0. The summed E-state index contributed by atoms with van der Waals surface area (Å²) in [6.45, 7) is 0.604. The highest BCUT2D eigenvalue weighted by molar-refractivity contribution is 6.33. The van der Waals surface area contributed by atoms with Crippen LogP contribution in [0.4, 0.5) is 11.4 Å². The van der Waals surface area contributed by atoms with Crippen molar-refractivity contribution in [3.8, 4) is 0 Å². The van der Waals surface area contributed by atoms with Gasteiger partial charge in [-0.25, -0.2) is 0 Å². The first-order valence-electron chi connectivity index (χ1n) is 8.24. The molecule has 0 saturated carbocycles. The summed E-state index contributed by atoms with van der Waals surface area (Å²) >= 11 is 6.20. The molecular formula is C19H21Cl2N3O2. The van der Waals surface area contributed by atoms with Crippen molar-refractivity contribution in [3.63, 3.8) is 0 Å². The Balaban J connectivity index is 0.00000243. The third-order valence-electron chi connectivity index (χ3n) is 4.26. The molecule has 0 aromatic heterocycles. The number of nitrogens with zero attached hydrogens (tertiary/aromatic N) is 1. The van der Waals surface area contributed by atoms with E-state index >= 15 is 0 Å². The Labute approximate surface area is 163 Å². The zero-order valence-electron chi connectivity index (χ0n) is 14.2. The molecule has 2 aromatic rings. The first-order chi connectivity index (χ1) is 12.0. The van der Waals surface area contributed by atoms with Crippen LogP contribution in [0.25, 0.3) is 0 Å². The van der Waals surface area contributed by atoms with Crippen LogP contribution < -0.4 is 16.0 Å². The van der Waals surface area contributed by atoms with Crippen LogP contribution in [0.2, 0.25) is 5.02 Å². The second kappa shape index (κ2) is 8.92. The van der Waals surface area contributed by atoms with Crippen LogP contribution in [0.5, 0.6) is 0 Å². The molecule has 2 aromatic carbocycles. The minimum Gasteiger partial charge on any atom is -0.399 e. The molecule has 0 aliphatic carbocycles. The van der Waals surface area contributed by atoms with E-state index in [0.29, 0.717) is 29.4 Å². The molecule has 1 fully saturated rings. The standard InChI is InChI=1S/C19H20ClN3O2.ClH/c20-15-4-1-2-6-17(15)23-11-3-5-16(19(23)25)22-18(24)12-13-7-9-14(21)10-8-13;/h1-2,4,6-10,16H,3,5,11-12,21H2,(H,22,24);1H. The Morgan fingerprint density at radius 3 is 2.58 bits per heavy atom. The molecule has 7 heteroatoms. The lowest BCUT2D eigenvalue weighted by molar-refractivity contribution is -0.128. The fourth-order valence-corrected chi connectivity index (χ4v) is 3.22. The molecule has 3 N–H and O–H groups in total. The summed E-state index contributed by atoms with van der Waals surface area (Å²) in [6, 6.07) is 13.9. The van der Waals surface area contributed by atoms with Crippen molar-refractivity contribution >= 4 is 47.2 Å². The summed E-state index contributed by atoms with van der Waals surface area (Å²) in [7, 11) is 0. The van der Waals surface area contributed by atoms with Gasteiger partial charge in [-0.05, 0) is 42.7 Å². The Hall–Kier alpha value is -2.24. The lowest BCUT2D eigenvalue weighted by Crippen LogP contribution is -2.52. The number of nitrogens with two attached hydrogens (primary N) is 1. The maximum atomic E-state index is 12.7. The molecule has 3 rings (SSSR count). The van der Waals surface area contributed by atoms with Gasteiger partial charge in [-0.2, -0.15) is 0 Å². The molecule has 0 radical (unpaired) electrons. The predicted octanol–water partition coefficient (Wildman–Crippen LogP) is 3.20. The fraction of sp³-hybridized carbons (Fsp3) is 0.263. The van der Waals surface area contributed by atoms with Gasteiger partial charge in [0, 0.05) is 12.2 Å². The number of hydrogen-bond acceptors (Lipinski definition) is 3. The molecule has 1 aliphatic heterocycles. The topological polar surface area (TPSA) is 75.4 Å². The molecule has 5 nitrogen and oxygen atoms in total. The van der Waals surface area contributed by atoms with Gasteiger partial charge in [0.2, 0.25) is 11.8 Å². The number of rotatable bonds is 4. The number of carbonyl (C=O) groups is 2. The number of halogens is 2. The molecule has 1 atom stereocenters. The molecule has 1 heterocycles. The number of amides is 2. The van der Waals surface area contributed by atoms with Crippen molar-refractivity contribution in [2.24, 2.45) is 0 Å². The van der Waals surface area contributed by atoms with E-state index in [1.54, 1.807) is 23.1 Å². The van der Waals surface area contributed by atoms with Crippen LogP contribution in [0.1, 0.15) is 18.4 Å². The fourth-order valence-electron chi connectivity index (χ4n) is 2.99. The number of nitrogen functional groups attached to an aromatic ring is 1. The van der Waals surface area contributed by atoms with Gasteiger partial charge < -0.3 is 16.0 Å². The third-order valence-corrected chi connectivity index (χ3v) is 4.58. The molecule has 1 unspecified atom stereocenters. The SMILES string of the molecule is Cl.Nc1ccc(CC(=O)NC2CCCN(c3ccccc3Cl)C2=O)cc1. The number of anilines is 2. The number of nitrogens with one attached hydrogen (secondary N) is 1. The number of benzene rings is 2. The minimum absolute atomic E-state index is 0. The first kappa shape index (κ1) is 20.1. The Kier molecular flexibility index (Phi) is 6.89.